The van der Waals surface area contributed by atoms with Crippen LogP contribution in [0.25, 0.3) is 0 Å². The maximum atomic E-state index is 6.36. The Morgan fingerprint density at radius 1 is 1.12 bits per heavy atom. The molecule has 0 bridgehead atoms. The fourth-order valence-electron chi connectivity index (χ4n) is 1.91. The third-order valence-corrected chi connectivity index (χ3v) is 4.21. The van der Waals surface area contributed by atoms with E-state index in [4.69, 9.17) is 11.6 Å². The molecular weight excluding hydrogens is 228 g/mol. The van der Waals surface area contributed by atoms with Gasteiger partial charge >= 0.3 is 0 Å². The zero-order valence-corrected chi connectivity index (χ0v) is 12.3. The molecule has 0 spiro atoms. The Morgan fingerprint density at radius 2 is 1.82 bits per heavy atom. The highest BCUT2D eigenvalue weighted by Gasteiger charge is 2.08. The Morgan fingerprint density at radius 3 is 2.35 bits per heavy atom. The molecule has 0 heterocycles. The molecule has 0 aliphatic rings. The van der Waals surface area contributed by atoms with Crippen LogP contribution >= 0.6 is 11.6 Å². The molecule has 96 valence electrons. The largest absolute Gasteiger partial charge is 0.0840 e. The highest BCUT2D eigenvalue weighted by Crippen LogP contribution is 2.26. The Bertz CT molecular complexity index is 343. The van der Waals surface area contributed by atoms with Gasteiger partial charge in [0.05, 0.1) is 0 Å². The predicted molar refractivity (Wildman–Crippen MR) is 77.9 cm³/mol. The molecule has 2 unspecified atom stereocenters. The monoisotopic (exact) mass is 252 g/mol. The van der Waals surface area contributed by atoms with Crippen LogP contribution in [0.2, 0.25) is 5.02 Å². The first-order valence-corrected chi connectivity index (χ1v) is 7.24. The molecule has 2 atom stereocenters. The second-order valence-electron chi connectivity index (χ2n) is 5.21. The fourth-order valence-corrected chi connectivity index (χ4v) is 2.20. The van der Waals surface area contributed by atoms with Crippen molar-refractivity contribution in [1.82, 2.24) is 0 Å². The standard InChI is InChI=1S/C16H25Cl/c1-5-12(3)7-8-14-9-10-15(11-16(14)17)13(4)6-2/h9-13H,5-8H2,1-4H3. The molecule has 0 N–H and O–H groups in total. The number of hydrogen-bond donors (Lipinski definition) is 0. The molecule has 0 nitrogen and oxygen atoms in total. The van der Waals surface area contributed by atoms with Gasteiger partial charge in [-0.05, 0) is 48.3 Å². The van der Waals surface area contributed by atoms with Crippen LogP contribution in [0.15, 0.2) is 18.2 Å². The Kier molecular flexibility index (Phi) is 6.05. The van der Waals surface area contributed by atoms with Gasteiger partial charge in [-0.15, -0.1) is 0 Å². The van der Waals surface area contributed by atoms with Gasteiger partial charge in [0.15, 0.2) is 0 Å². The first-order valence-electron chi connectivity index (χ1n) is 6.86. The van der Waals surface area contributed by atoms with E-state index < -0.39 is 0 Å². The van der Waals surface area contributed by atoms with Crippen LogP contribution in [-0.4, -0.2) is 0 Å². The minimum absolute atomic E-state index is 0.608. The van der Waals surface area contributed by atoms with Crippen molar-refractivity contribution in [3.05, 3.63) is 34.3 Å². The van der Waals surface area contributed by atoms with E-state index in [0.29, 0.717) is 5.92 Å². The van der Waals surface area contributed by atoms with E-state index in [9.17, 15) is 0 Å². The lowest BCUT2D eigenvalue weighted by atomic mass is 9.95. The van der Waals surface area contributed by atoms with Gasteiger partial charge in [0.25, 0.3) is 0 Å². The van der Waals surface area contributed by atoms with Crippen molar-refractivity contribution in [1.29, 1.82) is 0 Å². The lowest BCUT2D eigenvalue weighted by Crippen LogP contribution is -1.98. The molecule has 0 fully saturated rings. The normalized spacial score (nSPS) is 14.6. The molecule has 0 saturated carbocycles. The average molecular weight is 253 g/mol. The molecule has 1 aromatic rings. The smallest absolute Gasteiger partial charge is 0.0440 e. The minimum atomic E-state index is 0.608. The zero-order valence-electron chi connectivity index (χ0n) is 11.6. The number of halogens is 1. The van der Waals surface area contributed by atoms with Crippen LogP contribution in [0, 0.1) is 5.92 Å². The highest BCUT2D eigenvalue weighted by molar-refractivity contribution is 6.31. The second kappa shape index (κ2) is 7.06. The number of hydrogen-bond acceptors (Lipinski definition) is 0. The summed E-state index contributed by atoms with van der Waals surface area (Å²) in [5.74, 6) is 1.40. The van der Waals surface area contributed by atoms with Gasteiger partial charge in [-0.1, -0.05) is 57.8 Å². The van der Waals surface area contributed by atoms with Gasteiger partial charge in [-0.2, -0.15) is 0 Å². The summed E-state index contributed by atoms with van der Waals surface area (Å²) >= 11 is 6.36. The molecule has 0 radical (unpaired) electrons. The van der Waals surface area contributed by atoms with Crippen LogP contribution in [-0.2, 0) is 6.42 Å². The van der Waals surface area contributed by atoms with E-state index in [1.807, 2.05) is 0 Å². The third kappa shape index (κ3) is 4.35. The summed E-state index contributed by atoms with van der Waals surface area (Å²) in [6.07, 6.45) is 4.76. The summed E-state index contributed by atoms with van der Waals surface area (Å²) < 4.78 is 0. The van der Waals surface area contributed by atoms with E-state index in [0.717, 1.165) is 17.4 Å². The maximum Gasteiger partial charge on any atom is 0.0440 e. The lowest BCUT2D eigenvalue weighted by molar-refractivity contribution is 0.516. The minimum Gasteiger partial charge on any atom is -0.0840 e. The summed E-state index contributed by atoms with van der Waals surface area (Å²) in [6.45, 7) is 9.03. The van der Waals surface area contributed by atoms with Crippen molar-refractivity contribution < 1.29 is 0 Å². The molecule has 0 saturated heterocycles. The summed E-state index contributed by atoms with van der Waals surface area (Å²) in [7, 11) is 0. The molecule has 0 aliphatic carbocycles. The van der Waals surface area contributed by atoms with Crippen molar-refractivity contribution in [2.45, 2.75) is 59.3 Å². The molecule has 17 heavy (non-hydrogen) atoms. The molecule has 0 amide bonds. The van der Waals surface area contributed by atoms with Crippen molar-refractivity contribution in [3.8, 4) is 0 Å². The van der Waals surface area contributed by atoms with Crippen LogP contribution in [0.3, 0.4) is 0 Å². The van der Waals surface area contributed by atoms with Crippen LogP contribution in [0.5, 0.6) is 0 Å². The van der Waals surface area contributed by atoms with Gasteiger partial charge in [-0.25, -0.2) is 0 Å². The quantitative estimate of drug-likeness (QED) is 0.597. The third-order valence-electron chi connectivity index (χ3n) is 3.86. The Hall–Kier alpha value is -0.490. The van der Waals surface area contributed by atoms with E-state index in [2.05, 4.69) is 45.9 Å². The van der Waals surface area contributed by atoms with Crippen molar-refractivity contribution >= 4 is 11.6 Å². The van der Waals surface area contributed by atoms with E-state index >= 15 is 0 Å². The van der Waals surface area contributed by atoms with Crippen LogP contribution < -0.4 is 0 Å². The number of rotatable bonds is 6. The first kappa shape index (κ1) is 14.6. The summed E-state index contributed by atoms with van der Waals surface area (Å²) in [4.78, 5) is 0. The number of aryl methyl sites for hydroxylation is 1. The topological polar surface area (TPSA) is 0 Å². The van der Waals surface area contributed by atoms with E-state index in [1.54, 1.807) is 0 Å². The van der Waals surface area contributed by atoms with Crippen molar-refractivity contribution in [3.63, 3.8) is 0 Å². The predicted octanol–water partition coefficient (Wildman–Crippen LogP) is 5.83. The molecule has 0 aliphatic heterocycles. The van der Waals surface area contributed by atoms with Gasteiger partial charge in [-0.3, -0.25) is 0 Å². The van der Waals surface area contributed by atoms with E-state index in [1.165, 1.54) is 30.4 Å². The molecule has 1 heteroatoms. The maximum absolute atomic E-state index is 6.36. The zero-order chi connectivity index (χ0) is 12.8. The van der Waals surface area contributed by atoms with E-state index in [-0.39, 0.29) is 0 Å². The van der Waals surface area contributed by atoms with Crippen molar-refractivity contribution in [2.24, 2.45) is 5.92 Å². The van der Waals surface area contributed by atoms with Crippen molar-refractivity contribution in [2.75, 3.05) is 0 Å². The SMILES string of the molecule is CCC(C)CCc1ccc(C(C)CC)cc1Cl. The fraction of sp³-hybridized carbons (Fsp3) is 0.625. The lowest BCUT2D eigenvalue weighted by Gasteiger charge is -2.13. The van der Waals surface area contributed by atoms with Crippen LogP contribution in [0.4, 0.5) is 0 Å². The van der Waals surface area contributed by atoms with Gasteiger partial charge in [0.1, 0.15) is 0 Å². The van der Waals surface area contributed by atoms with Gasteiger partial charge < -0.3 is 0 Å². The summed E-state index contributed by atoms with van der Waals surface area (Å²) in [5.41, 5.74) is 2.67. The summed E-state index contributed by atoms with van der Waals surface area (Å²) in [6, 6.07) is 6.61. The van der Waals surface area contributed by atoms with Gasteiger partial charge in [0, 0.05) is 5.02 Å². The summed E-state index contributed by atoms with van der Waals surface area (Å²) in [5, 5.41) is 0.950. The first-order chi connectivity index (χ1) is 8.08. The molecule has 1 aromatic carbocycles. The Labute approximate surface area is 111 Å². The van der Waals surface area contributed by atoms with Crippen LogP contribution in [0.1, 0.15) is 64.0 Å². The Balaban J connectivity index is 2.69. The molecule has 0 aromatic heterocycles. The highest BCUT2D eigenvalue weighted by atomic mass is 35.5. The molecular formula is C16H25Cl. The second-order valence-corrected chi connectivity index (χ2v) is 5.62. The molecule has 1 rings (SSSR count). The van der Waals surface area contributed by atoms with Gasteiger partial charge in [0.2, 0.25) is 0 Å². The average Bonchev–Trinajstić information content (AvgIpc) is 2.35. The number of benzene rings is 1.